The van der Waals surface area contributed by atoms with Crippen molar-refractivity contribution in [1.82, 2.24) is 4.98 Å². The zero-order chi connectivity index (χ0) is 29.0. The predicted molar refractivity (Wildman–Crippen MR) is 165 cm³/mol. The number of anilines is 1. The van der Waals surface area contributed by atoms with Crippen molar-refractivity contribution in [2.24, 2.45) is 28.1 Å². The molecule has 0 saturated heterocycles. The molecule has 0 aliphatic rings. The number of aliphatic imine (C=N–C) groups is 1. The molecule has 3 atom stereocenters. The molecule has 0 spiro atoms. The summed E-state index contributed by atoms with van der Waals surface area (Å²) in [6, 6.07) is 13.9. The fourth-order valence-corrected chi connectivity index (χ4v) is 4.74. The molecule has 0 fully saturated rings. The Morgan fingerprint density at radius 3 is 2.38 bits per heavy atom. The van der Waals surface area contributed by atoms with E-state index in [0.717, 1.165) is 69.2 Å². The maximum Gasteiger partial charge on any atom is 0.328 e. The van der Waals surface area contributed by atoms with E-state index >= 15 is 0 Å². The van der Waals surface area contributed by atoms with E-state index in [1.54, 1.807) is 0 Å². The molecule has 0 radical (unpaired) electrons. The van der Waals surface area contributed by atoms with Crippen LogP contribution in [-0.2, 0) is 4.79 Å². The van der Waals surface area contributed by atoms with Gasteiger partial charge in [0.1, 0.15) is 5.82 Å². The number of hydrogen-bond donors (Lipinski definition) is 7. The predicted octanol–water partition coefficient (Wildman–Crippen LogP) is 4.63. The van der Waals surface area contributed by atoms with Crippen LogP contribution in [0.5, 0.6) is 0 Å². The standard InChI is InChI=1S/C31H48N6O3/c32-27(13-6-1-2-7-21-38)14-8-12-25(17-16-24-10-4-3-5-11-24)18-19-28(37-29-15-9-20-35-29)26(22-30(39)40)23-36-31(33)34/h3-5,9-11,15-17,20,22,25,27-28,35,37-38H,1-2,6-8,12-14,18-19,21,23,32H2,(H,39,40)(H4,33,34,36). The first-order valence-electron chi connectivity index (χ1n) is 14.4. The highest BCUT2D eigenvalue weighted by Crippen LogP contribution is 2.24. The number of aromatic nitrogens is 1. The Hall–Kier alpha value is -3.56. The SMILES string of the molecule is NC(N)=NCC(=CC(=O)O)C(CCC(C=Cc1ccccc1)CCCC(N)CCCCCCO)Nc1ccc[nH]1. The van der Waals surface area contributed by atoms with Crippen molar-refractivity contribution in [1.29, 1.82) is 0 Å². The first kappa shape index (κ1) is 32.7. The Kier molecular flexibility index (Phi) is 15.9. The molecule has 3 unspecified atom stereocenters. The largest absolute Gasteiger partial charge is 0.478 e. The summed E-state index contributed by atoms with van der Waals surface area (Å²) in [5.74, 6) is -0.0281. The Labute approximate surface area is 238 Å². The molecule has 0 aliphatic carbocycles. The highest BCUT2D eigenvalue weighted by Gasteiger charge is 2.19. The van der Waals surface area contributed by atoms with Crippen molar-refractivity contribution in [3.8, 4) is 0 Å². The van der Waals surface area contributed by atoms with Crippen molar-refractivity contribution in [2.45, 2.75) is 76.3 Å². The molecule has 1 heterocycles. The summed E-state index contributed by atoms with van der Waals surface area (Å²) in [5, 5.41) is 21.9. The third-order valence-electron chi connectivity index (χ3n) is 6.95. The van der Waals surface area contributed by atoms with Gasteiger partial charge in [-0.15, -0.1) is 0 Å². The summed E-state index contributed by atoms with van der Waals surface area (Å²) in [6.07, 6.45) is 17.1. The molecule has 9 nitrogen and oxygen atoms in total. The molecule has 0 saturated carbocycles. The van der Waals surface area contributed by atoms with Crippen LogP contribution in [0.1, 0.15) is 69.8 Å². The Bertz CT molecular complexity index is 1030. The van der Waals surface area contributed by atoms with Gasteiger partial charge in [0.05, 0.1) is 12.6 Å². The minimum Gasteiger partial charge on any atom is -0.478 e. The van der Waals surface area contributed by atoms with Crippen LogP contribution in [0.3, 0.4) is 0 Å². The van der Waals surface area contributed by atoms with Crippen LogP contribution in [0.25, 0.3) is 6.08 Å². The number of rotatable bonds is 21. The van der Waals surface area contributed by atoms with Crippen molar-refractivity contribution in [3.63, 3.8) is 0 Å². The third kappa shape index (κ3) is 14.6. The van der Waals surface area contributed by atoms with Crippen LogP contribution in [0.2, 0.25) is 0 Å². The number of aliphatic hydroxyl groups is 1. The molecule has 2 aromatic rings. The lowest BCUT2D eigenvalue weighted by Gasteiger charge is -2.24. The van der Waals surface area contributed by atoms with E-state index in [1.165, 1.54) is 6.08 Å². The molecule has 9 heteroatoms. The summed E-state index contributed by atoms with van der Waals surface area (Å²) in [6.45, 7) is 0.359. The van der Waals surface area contributed by atoms with Gasteiger partial charge in [0.15, 0.2) is 5.96 Å². The fourth-order valence-electron chi connectivity index (χ4n) is 4.74. The average Bonchev–Trinajstić information content (AvgIpc) is 3.45. The Morgan fingerprint density at radius 1 is 0.950 bits per heavy atom. The molecular formula is C31H48N6O3. The summed E-state index contributed by atoms with van der Waals surface area (Å²) >= 11 is 0. The molecule has 0 amide bonds. The van der Waals surface area contributed by atoms with Gasteiger partial charge >= 0.3 is 5.97 Å². The number of H-pyrrole nitrogens is 1. The quantitative estimate of drug-likeness (QED) is 0.0511. The van der Waals surface area contributed by atoms with E-state index in [0.29, 0.717) is 17.9 Å². The number of nitrogens with zero attached hydrogens (tertiary/aromatic N) is 1. The number of aliphatic hydroxyl groups excluding tert-OH is 1. The van der Waals surface area contributed by atoms with Gasteiger partial charge in [-0.25, -0.2) is 9.79 Å². The van der Waals surface area contributed by atoms with Gasteiger partial charge in [0.25, 0.3) is 0 Å². The smallest absolute Gasteiger partial charge is 0.328 e. The number of aromatic amines is 1. The zero-order valence-corrected chi connectivity index (χ0v) is 23.6. The molecule has 40 heavy (non-hydrogen) atoms. The molecule has 10 N–H and O–H groups in total. The molecule has 1 aromatic carbocycles. The van der Waals surface area contributed by atoms with Gasteiger partial charge in [-0.1, -0.05) is 68.2 Å². The van der Waals surface area contributed by atoms with Crippen LogP contribution in [0, 0.1) is 5.92 Å². The summed E-state index contributed by atoms with van der Waals surface area (Å²) < 4.78 is 0. The zero-order valence-electron chi connectivity index (χ0n) is 23.6. The second-order valence-electron chi connectivity index (χ2n) is 10.3. The second-order valence-corrected chi connectivity index (χ2v) is 10.3. The van der Waals surface area contributed by atoms with Gasteiger partial charge in [0.2, 0.25) is 0 Å². The van der Waals surface area contributed by atoms with Crippen molar-refractivity contribution in [2.75, 3.05) is 18.5 Å². The van der Waals surface area contributed by atoms with Crippen LogP contribution in [0.15, 0.2) is 71.4 Å². The summed E-state index contributed by atoms with van der Waals surface area (Å²) in [5.41, 5.74) is 19.3. The van der Waals surface area contributed by atoms with Gasteiger partial charge in [0, 0.05) is 24.9 Å². The number of aliphatic carboxylic acids is 1. The lowest BCUT2D eigenvalue weighted by atomic mass is 9.90. The highest BCUT2D eigenvalue weighted by atomic mass is 16.4. The van der Waals surface area contributed by atoms with Gasteiger partial charge < -0.3 is 37.7 Å². The van der Waals surface area contributed by atoms with Crippen LogP contribution in [-0.4, -0.2) is 52.4 Å². The molecule has 0 bridgehead atoms. The monoisotopic (exact) mass is 552 g/mol. The summed E-state index contributed by atoms with van der Waals surface area (Å²) in [4.78, 5) is 18.9. The molecule has 0 aliphatic heterocycles. The number of benzene rings is 1. The number of guanidine groups is 1. The maximum atomic E-state index is 11.6. The number of hydrogen-bond acceptors (Lipinski definition) is 5. The topological polar surface area (TPSA) is 176 Å². The van der Waals surface area contributed by atoms with E-state index in [1.807, 2.05) is 36.5 Å². The van der Waals surface area contributed by atoms with Gasteiger partial charge in [-0.2, -0.15) is 0 Å². The van der Waals surface area contributed by atoms with Crippen LogP contribution in [0.4, 0.5) is 5.82 Å². The minimum atomic E-state index is -1.04. The minimum absolute atomic E-state index is 0.0803. The van der Waals surface area contributed by atoms with E-state index in [2.05, 4.69) is 39.6 Å². The summed E-state index contributed by atoms with van der Waals surface area (Å²) in [7, 11) is 0. The van der Waals surface area contributed by atoms with E-state index in [9.17, 15) is 9.90 Å². The first-order chi connectivity index (χ1) is 19.4. The lowest BCUT2D eigenvalue weighted by Crippen LogP contribution is -2.28. The van der Waals surface area contributed by atoms with Crippen molar-refractivity contribution < 1.29 is 15.0 Å². The van der Waals surface area contributed by atoms with Crippen molar-refractivity contribution in [3.05, 3.63) is 72.0 Å². The number of allylic oxidation sites excluding steroid dienone is 1. The molecular weight excluding hydrogens is 504 g/mol. The molecule has 1 aromatic heterocycles. The number of nitrogens with two attached hydrogens (primary N) is 3. The lowest BCUT2D eigenvalue weighted by molar-refractivity contribution is -0.131. The molecule has 2 rings (SSSR count). The number of carbonyl (C=O) groups is 1. The number of carboxylic acid groups (broad SMARTS) is 1. The highest BCUT2D eigenvalue weighted by molar-refractivity contribution is 5.81. The first-order valence-corrected chi connectivity index (χ1v) is 14.4. The fraction of sp³-hybridized carbons (Fsp3) is 0.484. The Balaban J connectivity index is 2.09. The van der Waals surface area contributed by atoms with Crippen LogP contribution < -0.4 is 22.5 Å². The maximum absolute atomic E-state index is 11.6. The van der Waals surface area contributed by atoms with Gasteiger partial charge in [-0.3, -0.25) is 0 Å². The third-order valence-corrected chi connectivity index (χ3v) is 6.95. The number of nitrogens with one attached hydrogen (secondary N) is 2. The van der Waals surface area contributed by atoms with E-state index in [-0.39, 0.29) is 31.2 Å². The van der Waals surface area contributed by atoms with Crippen LogP contribution >= 0.6 is 0 Å². The second kappa shape index (κ2) is 19.5. The number of unbranched alkanes of at least 4 members (excludes halogenated alkanes) is 3. The number of carboxylic acids is 1. The van der Waals surface area contributed by atoms with Gasteiger partial charge in [-0.05, 0) is 67.7 Å². The van der Waals surface area contributed by atoms with E-state index < -0.39 is 5.97 Å². The normalized spacial score (nSPS) is 14.1. The molecule has 220 valence electrons. The average molecular weight is 553 g/mol. The Morgan fingerprint density at radius 2 is 1.70 bits per heavy atom. The van der Waals surface area contributed by atoms with Crippen molar-refractivity contribution >= 4 is 23.8 Å². The van der Waals surface area contributed by atoms with E-state index in [4.69, 9.17) is 22.3 Å².